The highest BCUT2D eigenvalue weighted by Crippen LogP contribution is 2.47. The molecule has 1 saturated heterocycles. The lowest BCUT2D eigenvalue weighted by Gasteiger charge is -2.38. The van der Waals surface area contributed by atoms with Crippen molar-refractivity contribution in [2.75, 3.05) is 11.4 Å². The second kappa shape index (κ2) is 10.8. The van der Waals surface area contributed by atoms with Crippen LogP contribution in [0.5, 0.6) is 0 Å². The van der Waals surface area contributed by atoms with Crippen LogP contribution in [0, 0.1) is 0 Å². The molecule has 0 amide bonds. The Balaban J connectivity index is 1.13. The van der Waals surface area contributed by atoms with E-state index < -0.39 is 11.9 Å². The summed E-state index contributed by atoms with van der Waals surface area (Å²) in [5.41, 5.74) is 3.38. The van der Waals surface area contributed by atoms with Crippen LogP contribution in [0.25, 0.3) is 21.5 Å². The Morgan fingerprint density at radius 2 is 1.86 bits per heavy atom. The summed E-state index contributed by atoms with van der Waals surface area (Å²) in [7, 11) is 0. The number of piperidine rings is 1. The molecule has 8 nitrogen and oxygen atoms in total. The number of anilines is 1. The molecule has 2 atom stereocenters. The van der Waals surface area contributed by atoms with E-state index in [0.717, 1.165) is 53.0 Å². The van der Waals surface area contributed by atoms with Crippen LogP contribution in [-0.2, 0) is 4.74 Å². The van der Waals surface area contributed by atoms with Gasteiger partial charge in [0.05, 0.1) is 25.8 Å². The second-order valence-electron chi connectivity index (χ2n) is 11.4. The zero-order valence-corrected chi connectivity index (χ0v) is 25.3. The van der Waals surface area contributed by atoms with Gasteiger partial charge in [0.2, 0.25) is 0 Å². The van der Waals surface area contributed by atoms with Crippen LogP contribution < -0.4 is 4.90 Å². The molecule has 1 N–H and O–H groups in total. The molecule has 2 saturated carbocycles. The first-order valence-corrected chi connectivity index (χ1v) is 16.0. The van der Waals surface area contributed by atoms with Crippen LogP contribution >= 0.6 is 34.5 Å². The third kappa shape index (κ3) is 5.05. The molecule has 11 heteroatoms. The Hall–Kier alpha value is -3.14. The number of carbonyl (C=O) groups is 2. The fourth-order valence-electron chi connectivity index (χ4n) is 5.98. The van der Waals surface area contributed by atoms with E-state index in [0.29, 0.717) is 63.5 Å². The number of carboxylic acids is 1. The number of benzene rings is 2. The maximum atomic E-state index is 13.7. The van der Waals surface area contributed by atoms with Crippen LogP contribution in [0.3, 0.4) is 0 Å². The first-order valence-electron chi connectivity index (χ1n) is 14.4. The van der Waals surface area contributed by atoms with Gasteiger partial charge in [-0.1, -0.05) is 52.7 Å². The summed E-state index contributed by atoms with van der Waals surface area (Å²) in [5, 5.41) is 15.5. The van der Waals surface area contributed by atoms with Crippen molar-refractivity contribution in [1.82, 2.24) is 10.1 Å². The summed E-state index contributed by atoms with van der Waals surface area (Å²) >= 11 is 14.5. The minimum Gasteiger partial charge on any atom is -0.478 e. The normalized spacial score (nSPS) is 20.7. The van der Waals surface area contributed by atoms with Crippen LogP contribution in [0.2, 0.25) is 10.0 Å². The molecule has 2 aromatic heterocycles. The smallest absolute Gasteiger partial charge is 0.344 e. The Morgan fingerprint density at radius 1 is 1.12 bits per heavy atom. The fraction of sp³-hybridized carbons (Fsp3) is 0.419. The number of aromatic carboxylic acids is 1. The minimum absolute atomic E-state index is 0.114. The second-order valence-corrected chi connectivity index (χ2v) is 13.3. The van der Waals surface area contributed by atoms with Gasteiger partial charge in [0.1, 0.15) is 17.4 Å². The minimum atomic E-state index is -0.916. The van der Waals surface area contributed by atoms with Crippen molar-refractivity contribution in [2.24, 2.45) is 0 Å². The van der Waals surface area contributed by atoms with Gasteiger partial charge in [-0.05, 0) is 67.9 Å². The molecule has 218 valence electrons. The van der Waals surface area contributed by atoms with E-state index in [9.17, 15) is 14.7 Å². The molecular formula is C31H29Cl2N3O5S. The van der Waals surface area contributed by atoms with Gasteiger partial charge in [-0.25, -0.2) is 14.6 Å². The molecule has 7 rings (SSSR count). The molecule has 0 spiro atoms. The number of carbonyl (C=O) groups excluding carboxylic acids is 1. The molecular weight excluding hydrogens is 597 g/mol. The zero-order chi connectivity index (χ0) is 29.1. The average Bonchev–Trinajstić information content (AvgIpc) is 3.91. The summed E-state index contributed by atoms with van der Waals surface area (Å²) in [5.74, 6) is -0.316. The Morgan fingerprint density at radius 3 is 2.52 bits per heavy atom. The summed E-state index contributed by atoms with van der Waals surface area (Å²) in [6.07, 6.45) is 5.85. The predicted octanol–water partition coefficient (Wildman–Crippen LogP) is 8.32. The highest BCUT2D eigenvalue weighted by atomic mass is 35.5. The summed E-state index contributed by atoms with van der Waals surface area (Å²) in [6, 6.07) is 8.81. The number of thiazole rings is 1. The molecule has 2 aromatic carbocycles. The number of halogens is 2. The van der Waals surface area contributed by atoms with Crippen molar-refractivity contribution < 1.29 is 24.0 Å². The monoisotopic (exact) mass is 625 g/mol. The summed E-state index contributed by atoms with van der Waals surface area (Å²) in [4.78, 5) is 32.8. The number of carboxylic acid groups (broad SMARTS) is 1. The van der Waals surface area contributed by atoms with Crippen LogP contribution in [0.15, 0.2) is 34.9 Å². The van der Waals surface area contributed by atoms with E-state index in [1.165, 1.54) is 11.3 Å². The molecule has 4 aromatic rings. The van der Waals surface area contributed by atoms with E-state index >= 15 is 0 Å². The highest BCUT2D eigenvalue weighted by molar-refractivity contribution is 7.22. The van der Waals surface area contributed by atoms with Crippen molar-refractivity contribution in [3.05, 3.63) is 62.8 Å². The molecule has 3 fully saturated rings. The Bertz CT molecular complexity index is 1690. The van der Waals surface area contributed by atoms with Crippen molar-refractivity contribution in [2.45, 2.75) is 75.9 Å². The molecule has 0 radical (unpaired) electrons. The number of esters is 1. The SMILES string of the molecule is CC[C@@H]1C[C@H](OC(=O)c2c(-c3c(Cl)cccc3Cl)noc2C2CC2)CCN1c1nc2c(C3CC3)cc(C(=O)O)cc2s1. The fourth-order valence-corrected chi connectivity index (χ4v) is 7.70. The van der Waals surface area contributed by atoms with Crippen molar-refractivity contribution in [3.8, 4) is 11.3 Å². The van der Waals surface area contributed by atoms with E-state index in [1.54, 1.807) is 30.3 Å². The summed E-state index contributed by atoms with van der Waals surface area (Å²) in [6.45, 7) is 2.79. The van der Waals surface area contributed by atoms with Crippen molar-refractivity contribution >= 4 is 61.8 Å². The lowest BCUT2D eigenvalue weighted by molar-refractivity contribution is 0.0206. The lowest BCUT2D eigenvalue weighted by atomic mass is 9.97. The number of aromatic nitrogens is 2. The number of hydrogen-bond acceptors (Lipinski definition) is 8. The van der Waals surface area contributed by atoms with E-state index in [2.05, 4.69) is 17.0 Å². The van der Waals surface area contributed by atoms with Crippen LogP contribution in [0.1, 0.15) is 95.7 Å². The maximum Gasteiger partial charge on any atom is 0.344 e. The largest absolute Gasteiger partial charge is 0.478 e. The van der Waals surface area contributed by atoms with E-state index in [1.807, 2.05) is 0 Å². The maximum absolute atomic E-state index is 13.7. The molecule has 1 aliphatic heterocycles. The molecule has 0 unspecified atom stereocenters. The zero-order valence-electron chi connectivity index (χ0n) is 22.9. The number of ether oxygens (including phenoxy) is 1. The molecule has 3 aliphatic rings. The first-order chi connectivity index (χ1) is 20.3. The van der Waals surface area contributed by atoms with Gasteiger partial charge in [0, 0.05) is 36.9 Å². The number of hydrogen-bond donors (Lipinski definition) is 1. The van der Waals surface area contributed by atoms with Gasteiger partial charge in [-0.2, -0.15) is 0 Å². The number of nitrogens with zero attached hydrogens (tertiary/aromatic N) is 3. The molecule has 2 aliphatic carbocycles. The third-order valence-corrected chi connectivity index (χ3v) is 10.2. The predicted molar refractivity (Wildman–Crippen MR) is 162 cm³/mol. The number of fused-ring (bicyclic) bond motifs is 1. The lowest BCUT2D eigenvalue weighted by Crippen LogP contribution is -2.45. The van der Waals surface area contributed by atoms with Gasteiger partial charge >= 0.3 is 11.9 Å². The van der Waals surface area contributed by atoms with Gasteiger partial charge in [0.25, 0.3) is 0 Å². The van der Waals surface area contributed by atoms with Gasteiger partial charge in [-0.15, -0.1) is 0 Å². The molecule has 42 heavy (non-hydrogen) atoms. The van der Waals surface area contributed by atoms with E-state index in [-0.39, 0.29) is 18.1 Å². The van der Waals surface area contributed by atoms with Gasteiger partial charge < -0.3 is 19.3 Å². The third-order valence-electron chi connectivity index (χ3n) is 8.51. The Labute approximate surface area is 256 Å². The summed E-state index contributed by atoms with van der Waals surface area (Å²) < 4.78 is 12.7. The van der Waals surface area contributed by atoms with Crippen molar-refractivity contribution in [3.63, 3.8) is 0 Å². The molecule has 3 heterocycles. The van der Waals surface area contributed by atoms with E-state index in [4.69, 9.17) is 37.4 Å². The highest BCUT2D eigenvalue weighted by Gasteiger charge is 2.39. The first kappa shape index (κ1) is 27.7. The van der Waals surface area contributed by atoms with Crippen LogP contribution in [-0.4, -0.2) is 45.9 Å². The standard InChI is InChI=1S/C31H29Cl2N3O5S/c1-2-18-14-19(10-11-36(18)31-34-26-20(15-6-7-15)12-17(29(37)38)13-23(26)42-31)40-30(39)25-27(35-41-28(25)16-8-9-16)24-21(32)4-3-5-22(24)33/h3-5,12-13,15-16,18-19H,2,6-11,14H2,1H3,(H,37,38)/t18-,19-/m1/s1. The van der Waals surface area contributed by atoms with Gasteiger partial charge in [-0.3, -0.25) is 0 Å². The average molecular weight is 627 g/mol. The Kier molecular flexibility index (Phi) is 7.15. The number of rotatable bonds is 8. The van der Waals surface area contributed by atoms with Crippen molar-refractivity contribution in [1.29, 1.82) is 0 Å². The van der Waals surface area contributed by atoms with Gasteiger partial charge in [0.15, 0.2) is 10.9 Å². The quantitative estimate of drug-likeness (QED) is 0.195. The molecule has 0 bridgehead atoms. The van der Waals surface area contributed by atoms with Crippen LogP contribution in [0.4, 0.5) is 5.13 Å². The topological polar surface area (TPSA) is 106 Å².